The van der Waals surface area contributed by atoms with Gasteiger partial charge >= 0.3 is 0 Å². The second-order valence-electron chi connectivity index (χ2n) is 4.66. The van der Waals surface area contributed by atoms with Gasteiger partial charge in [-0.15, -0.1) is 0 Å². The zero-order chi connectivity index (χ0) is 14.3. The minimum absolute atomic E-state index is 0.112. The van der Waals surface area contributed by atoms with Crippen LogP contribution in [-0.2, 0) is 13.0 Å². The van der Waals surface area contributed by atoms with Crippen LogP contribution in [0.25, 0.3) is 0 Å². The Balaban J connectivity index is 1.83. The molecule has 1 aromatic heterocycles. The Morgan fingerprint density at radius 3 is 2.95 bits per heavy atom. The van der Waals surface area contributed by atoms with E-state index in [0.29, 0.717) is 23.2 Å². The zero-order valence-electron chi connectivity index (χ0n) is 10.3. The van der Waals surface area contributed by atoms with Gasteiger partial charge in [-0.1, -0.05) is 0 Å². The molecule has 0 fully saturated rings. The van der Waals surface area contributed by atoms with Crippen molar-refractivity contribution < 1.29 is 9.13 Å². The molecule has 1 aliphatic rings. The number of rotatable bonds is 2. The Bertz CT molecular complexity index is 730. The van der Waals surface area contributed by atoms with Crippen LogP contribution in [0.1, 0.15) is 5.56 Å². The largest absolute Gasteiger partial charge is 0.488 e. The molecule has 0 saturated heterocycles. The molecule has 3 nitrogen and oxygen atoms in total. The summed E-state index contributed by atoms with van der Waals surface area (Å²) in [6.07, 6.45) is 2.16. The first-order chi connectivity index (χ1) is 9.52. The average Bonchev–Trinajstić information content (AvgIpc) is 2.76. The first-order valence-electron chi connectivity index (χ1n) is 6.03. The molecule has 1 atom stereocenters. The van der Waals surface area contributed by atoms with Gasteiger partial charge in [-0.2, -0.15) is 0 Å². The Kier molecular flexibility index (Phi) is 3.69. The maximum atomic E-state index is 13.2. The van der Waals surface area contributed by atoms with E-state index in [-0.39, 0.29) is 17.5 Å². The minimum atomic E-state index is -0.268. The molecule has 20 heavy (non-hydrogen) atoms. The number of hydrogen-bond acceptors (Lipinski definition) is 2. The van der Waals surface area contributed by atoms with E-state index >= 15 is 0 Å². The summed E-state index contributed by atoms with van der Waals surface area (Å²) in [7, 11) is 0. The van der Waals surface area contributed by atoms with E-state index in [4.69, 9.17) is 4.74 Å². The number of fused-ring (bicyclic) bond motifs is 1. The molecular weight excluding hydrogens is 393 g/mol. The van der Waals surface area contributed by atoms with Crippen molar-refractivity contribution in [2.75, 3.05) is 0 Å². The van der Waals surface area contributed by atoms with Gasteiger partial charge in [0.25, 0.3) is 5.56 Å². The van der Waals surface area contributed by atoms with Gasteiger partial charge in [0.05, 0.1) is 11.0 Å². The molecule has 6 heteroatoms. The molecule has 2 heterocycles. The molecule has 0 amide bonds. The molecule has 0 saturated carbocycles. The summed E-state index contributed by atoms with van der Waals surface area (Å²) in [5.41, 5.74) is 0.732. The van der Waals surface area contributed by atoms with Crippen LogP contribution in [0.5, 0.6) is 5.75 Å². The number of benzene rings is 1. The van der Waals surface area contributed by atoms with Crippen LogP contribution in [0.3, 0.4) is 0 Å². The van der Waals surface area contributed by atoms with Crippen LogP contribution in [0.15, 0.2) is 44.2 Å². The van der Waals surface area contributed by atoms with Crippen LogP contribution in [0.2, 0.25) is 0 Å². The number of aromatic nitrogens is 1. The highest BCUT2D eigenvalue weighted by molar-refractivity contribution is 9.11. The molecule has 0 radical (unpaired) electrons. The summed E-state index contributed by atoms with van der Waals surface area (Å²) in [5, 5.41) is 0. The molecule has 2 aromatic rings. The first-order valence-corrected chi connectivity index (χ1v) is 7.62. The lowest BCUT2D eigenvalue weighted by Gasteiger charge is -2.13. The van der Waals surface area contributed by atoms with Gasteiger partial charge in [0.2, 0.25) is 0 Å². The highest BCUT2D eigenvalue weighted by atomic mass is 79.9. The van der Waals surface area contributed by atoms with Gasteiger partial charge < -0.3 is 9.30 Å². The summed E-state index contributed by atoms with van der Waals surface area (Å²) in [5.74, 6) is 0.425. The molecule has 1 unspecified atom stereocenters. The molecule has 0 bridgehead atoms. The number of halogens is 3. The van der Waals surface area contributed by atoms with E-state index in [1.54, 1.807) is 22.9 Å². The number of pyridine rings is 1. The van der Waals surface area contributed by atoms with Gasteiger partial charge in [0.15, 0.2) is 0 Å². The Morgan fingerprint density at radius 2 is 2.15 bits per heavy atom. The third-order valence-electron chi connectivity index (χ3n) is 3.17. The van der Waals surface area contributed by atoms with E-state index in [9.17, 15) is 9.18 Å². The fourth-order valence-electron chi connectivity index (χ4n) is 2.31. The molecule has 0 spiro atoms. The van der Waals surface area contributed by atoms with Crippen molar-refractivity contribution in [2.45, 2.75) is 19.1 Å². The van der Waals surface area contributed by atoms with Crippen molar-refractivity contribution in [1.29, 1.82) is 0 Å². The molecule has 1 aromatic carbocycles. The van der Waals surface area contributed by atoms with Crippen molar-refractivity contribution in [2.24, 2.45) is 0 Å². The maximum absolute atomic E-state index is 13.2. The lowest BCUT2D eigenvalue weighted by Crippen LogP contribution is -2.29. The van der Waals surface area contributed by atoms with Gasteiger partial charge in [0, 0.05) is 22.7 Å². The number of hydrogen-bond donors (Lipinski definition) is 0. The topological polar surface area (TPSA) is 31.2 Å². The summed E-state index contributed by atoms with van der Waals surface area (Å²) in [6, 6.07) is 6.20. The number of ether oxygens (including phenoxy) is 1. The number of nitrogens with zero attached hydrogens (tertiary/aromatic N) is 1. The second kappa shape index (κ2) is 5.33. The van der Waals surface area contributed by atoms with Gasteiger partial charge in [0.1, 0.15) is 17.7 Å². The van der Waals surface area contributed by atoms with Crippen molar-refractivity contribution >= 4 is 31.9 Å². The predicted molar refractivity (Wildman–Crippen MR) is 80.6 cm³/mol. The lowest BCUT2D eigenvalue weighted by molar-refractivity contribution is 0.207. The second-order valence-corrected chi connectivity index (χ2v) is 6.43. The van der Waals surface area contributed by atoms with E-state index in [1.165, 1.54) is 12.1 Å². The summed E-state index contributed by atoms with van der Waals surface area (Å²) in [6.45, 7) is 0.424. The molecule has 104 valence electrons. The van der Waals surface area contributed by atoms with Crippen LogP contribution < -0.4 is 10.3 Å². The average molecular weight is 403 g/mol. The van der Waals surface area contributed by atoms with Crippen molar-refractivity contribution in [1.82, 2.24) is 4.57 Å². The summed E-state index contributed by atoms with van der Waals surface area (Å²) < 4.78 is 21.8. The molecular formula is C14H10Br2FNO2. The normalized spacial score (nSPS) is 16.9. The Labute approximate surface area is 131 Å². The Morgan fingerprint density at radius 1 is 1.35 bits per heavy atom. The quantitative estimate of drug-likeness (QED) is 0.769. The highest BCUT2D eigenvalue weighted by Crippen LogP contribution is 2.29. The van der Waals surface area contributed by atoms with Crippen LogP contribution in [-0.4, -0.2) is 10.7 Å². The van der Waals surface area contributed by atoms with Crippen LogP contribution in [0.4, 0.5) is 4.39 Å². The van der Waals surface area contributed by atoms with E-state index in [1.807, 2.05) is 0 Å². The molecule has 3 rings (SSSR count). The van der Waals surface area contributed by atoms with E-state index in [2.05, 4.69) is 31.9 Å². The first kappa shape index (κ1) is 13.8. The van der Waals surface area contributed by atoms with Crippen molar-refractivity contribution in [3.8, 4) is 5.75 Å². The molecule has 0 N–H and O–H groups in total. The van der Waals surface area contributed by atoms with E-state index < -0.39 is 0 Å². The van der Waals surface area contributed by atoms with Gasteiger partial charge in [-0.3, -0.25) is 4.79 Å². The van der Waals surface area contributed by atoms with Crippen molar-refractivity contribution in [3.63, 3.8) is 0 Å². The fourth-order valence-corrected chi connectivity index (χ4v) is 3.57. The minimum Gasteiger partial charge on any atom is -0.488 e. The highest BCUT2D eigenvalue weighted by Gasteiger charge is 2.24. The van der Waals surface area contributed by atoms with Gasteiger partial charge in [-0.25, -0.2) is 4.39 Å². The Hall–Kier alpha value is -1.14. The predicted octanol–water partition coefficient (Wildman–Crippen LogP) is 3.52. The molecule has 1 aliphatic heterocycles. The third kappa shape index (κ3) is 2.67. The zero-order valence-corrected chi connectivity index (χ0v) is 13.4. The maximum Gasteiger partial charge on any atom is 0.265 e. The summed E-state index contributed by atoms with van der Waals surface area (Å²) in [4.78, 5) is 12.0. The van der Waals surface area contributed by atoms with Crippen LogP contribution >= 0.6 is 31.9 Å². The molecule has 0 aliphatic carbocycles. The third-order valence-corrected chi connectivity index (χ3v) is 4.17. The smallest absolute Gasteiger partial charge is 0.265 e. The van der Waals surface area contributed by atoms with Gasteiger partial charge in [-0.05, 0) is 56.1 Å². The standard InChI is InChI=1S/C14H10Br2FNO2/c15-9-5-12(16)14(19)18(6-9)7-11-4-8-3-10(17)1-2-13(8)20-11/h1-3,5-6,11H,4,7H2. The van der Waals surface area contributed by atoms with Crippen LogP contribution in [0, 0.1) is 5.82 Å². The SMILES string of the molecule is O=c1c(Br)cc(Br)cn1CC1Cc2cc(F)ccc2O1. The summed E-state index contributed by atoms with van der Waals surface area (Å²) >= 11 is 6.58. The van der Waals surface area contributed by atoms with Crippen molar-refractivity contribution in [3.05, 3.63) is 61.1 Å². The van der Waals surface area contributed by atoms with E-state index in [0.717, 1.165) is 10.0 Å². The fraction of sp³-hybridized carbons (Fsp3) is 0.214. The lowest BCUT2D eigenvalue weighted by atomic mass is 10.1. The monoisotopic (exact) mass is 401 g/mol.